The Morgan fingerprint density at radius 3 is 2.68 bits per heavy atom. The van der Waals surface area contributed by atoms with Gasteiger partial charge in [-0.25, -0.2) is 9.75 Å². The summed E-state index contributed by atoms with van der Waals surface area (Å²) in [5.74, 6) is -0.535. The van der Waals surface area contributed by atoms with Crippen molar-refractivity contribution in [3.8, 4) is 11.3 Å². The van der Waals surface area contributed by atoms with Gasteiger partial charge in [0, 0.05) is 26.0 Å². The summed E-state index contributed by atoms with van der Waals surface area (Å²) in [7, 11) is 1.54. The molecule has 25 heavy (non-hydrogen) atoms. The summed E-state index contributed by atoms with van der Waals surface area (Å²) < 4.78 is 1.67. The molecule has 0 aliphatic carbocycles. The van der Waals surface area contributed by atoms with Gasteiger partial charge in [-0.1, -0.05) is 35.0 Å². The summed E-state index contributed by atoms with van der Waals surface area (Å²) in [6.45, 7) is 3.82. The van der Waals surface area contributed by atoms with E-state index in [2.05, 4.69) is 15.6 Å². The van der Waals surface area contributed by atoms with Crippen molar-refractivity contribution in [1.82, 2.24) is 25.4 Å². The average molecular weight is 343 g/mol. The van der Waals surface area contributed by atoms with E-state index in [1.165, 1.54) is 12.5 Å². The number of aromatic nitrogens is 3. The molecule has 0 saturated carbocycles. The lowest BCUT2D eigenvalue weighted by molar-refractivity contribution is -0.188. The van der Waals surface area contributed by atoms with Crippen molar-refractivity contribution in [3.05, 3.63) is 36.0 Å². The Labute approximate surface area is 145 Å². The van der Waals surface area contributed by atoms with E-state index < -0.39 is 6.04 Å². The fourth-order valence-electron chi connectivity index (χ4n) is 2.86. The molecule has 0 spiro atoms. The number of nitrogens with one attached hydrogen (secondary N) is 1. The fraction of sp³-hybridized carbons (Fsp3) is 0.412. The second-order valence-electron chi connectivity index (χ2n) is 6.13. The molecule has 1 saturated heterocycles. The molecule has 132 valence electrons. The van der Waals surface area contributed by atoms with Crippen molar-refractivity contribution >= 4 is 11.8 Å². The van der Waals surface area contributed by atoms with Crippen LogP contribution in [0.1, 0.15) is 18.9 Å². The number of benzene rings is 1. The van der Waals surface area contributed by atoms with Crippen LogP contribution in [-0.4, -0.2) is 51.1 Å². The Hall–Kier alpha value is -2.74. The van der Waals surface area contributed by atoms with Gasteiger partial charge in [-0.15, -0.1) is 5.10 Å². The molecular weight excluding hydrogens is 322 g/mol. The van der Waals surface area contributed by atoms with Gasteiger partial charge in [-0.2, -0.15) is 0 Å². The largest absolute Gasteiger partial charge is 0.357 e. The third kappa shape index (κ3) is 3.69. The maximum atomic E-state index is 11.9. The standard InChI is InChI=1S/C17H21N5O3/c1-11-4-6-13(7-5-11)15-10-21(20-19-15)9-14-8-16(17(24)18-3)22(25-14)12(2)23/h4-7,10,14,16H,8-9H2,1-3H3,(H,18,24)/t14-,16-/m0/s1. The molecule has 1 aliphatic heterocycles. The lowest BCUT2D eigenvalue weighted by Crippen LogP contribution is -2.43. The molecule has 2 atom stereocenters. The Bertz CT molecular complexity index is 771. The Morgan fingerprint density at radius 1 is 1.32 bits per heavy atom. The van der Waals surface area contributed by atoms with Crippen LogP contribution in [0.3, 0.4) is 0 Å². The number of aryl methyl sites for hydroxylation is 1. The minimum atomic E-state index is -0.618. The van der Waals surface area contributed by atoms with Crippen molar-refractivity contribution in [2.24, 2.45) is 0 Å². The molecule has 0 bridgehead atoms. The first-order chi connectivity index (χ1) is 12.0. The number of hydroxylamine groups is 2. The Kier molecular flexibility index (Phi) is 4.80. The third-order valence-electron chi connectivity index (χ3n) is 4.17. The van der Waals surface area contributed by atoms with Gasteiger partial charge in [-0.3, -0.25) is 14.4 Å². The van der Waals surface area contributed by atoms with E-state index in [0.29, 0.717) is 13.0 Å². The zero-order valence-electron chi connectivity index (χ0n) is 14.5. The van der Waals surface area contributed by atoms with E-state index in [9.17, 15) is 9.59 Å². The van der Waals surface area contributed by atoms with Crippen LogP contribution >= 0.6 is 0 Å². The number of amides is 2. The summed E-state index contributed by atoms with van der Waals surface area (Å²) in [5, 5.41) is 12.0. The maximum Gasteiger partial charge on any atom is 0.245 e. The van der Waals surface area contributed by atoms with Gasteiger partial charge in [0.05, 0.1) is 12.7 Å². The van der Waals surface area contributed by atoms with E-state index in [0.717, 1.165) is 16.3 Å². The lowest BCUT2D eigenvalue weighted by atomic mass is 10.1. The quantitative estimate of drug-likeness (QED) is 0.892. The molecule has 8 heteroatoms. The second-order valence-corrected chi connectivity index (χ2v) is 6.13. The zero-order valence-corrected chi connectivity index (χ0v) is 14.5. The number of likely N-dealkylation sites (N-methyl/N-ethyl adjacent to an activating group) is 1. The van der Waals surface area contributed by atoms with Crippen molar-refractivity contribution in [2.45, 2.75) is 39.0 Å². The van der Waals surface area contributed by atoms with Gasteiger partial charge < -0.3 is 5.32 Å². The van der Waals surface area contributed by atoms with Crippen molar-refractivity contribution in [3.63, 3.8) is 0 Å². The SMILES string of the molecule is CNC(=O)[C@@H]1C[C@@H](Cn2cc(-c3ccc(C)cc3)nn2)ON1C(C)=O. The predicted octanol–water partition coefficient (Wildman–Crippen LogP) is 0.921. The average Bonchev–Trinajstić information content (AvgIpc) is 3.22. The molecular formula is C17H21N5O3. The topological polar surface area (TPSA) is 89.3 Å². The summed E-state index contributed by atoms with van der Waals surface area (Å²) >= 11 is 0. The van der Waals surface area contributed by atoms with Gasteiger partial charge in [0.1, 0.15) is 17.8 Å². The highest BCUT2D eigenvalue weighted by atomic mass is 16.7. The molecule has 1 fully saturated rings. The third-order valence-corrected chi connectivity index (χ3v) is 4.17. The first kappa shape index (κ1) is 17.1. The van der Waals surface area contributed by atoms with Crippen LogP contribution in [0.2, 0.25) is 0 Å². The molecule has 0 radical (unpaired) electrons. The highest BCUT2D eigenvalue weighted by molar-refractivity contribution is 5.86. The van der Waals surface area contributed by atoms with E-state index in [4.69, 9.17) is 4.84 Å². The summed E-state index contributed by atoms with van der Waals surface area (Å²) in [6, 6.07) is 7.41. The minimum absolute atomic E-state index is 0.239. The number of nitrogens with zero attached hydrogens (tertiary/aromatic N) is 4. The molecule has 1 N–H and O–H groups in total. The fourth-order valence-corrected chi connectivity index (χ4v) is 2.86. The Morgan fingerprint density at radius 2 is 2.04 bits per heavy atom. The van der Waals surface area contributed by atoms with E-state index in [1.807, 2.05) is 37.4 Å². The predicted molar refractivity (Wildman–Crippen MR) is 90.1 cm³/mol. The summed E-state index contributed by atoms with van der Waals surface area (Å²) in [6.07, 6.45) is 1.93. The van der Waals surface area contributed by atoms with Crippen LogP contribution in [0.4, 0.5) is 0 Å². The molecule has 1 aromatic heterocycles. The molecule has 2 amide bonds. The molecule has 1 aliphatic rings. The number of hydrogen-bond acceptors (Lipinski definition) is 5. The number of rotatable bonds is 4. The number of carbonyl (C=O) groups excluding carboxylic acids is 2. The number of hydrogen-bond donors (Lipinski definition) is 1. The highest BCUT2D eigenvalue weighted by Crippen LogP contribution is 2.23. The molecule has 3 rings (SSSR count). The van der Waals surface area contributed by atoms with Crippen LogP contribution in [0.15, 0.2) is 30.5 Å². The van der Waals surface area contributed by atoms with Gasteiger partial charge in [-0.05, 0) is 6.92 Å². The van der Waals surface area contributed by atoms with Crippen molar-refractivity contribution < 1.29 is 14.4 Å². The van der Waals surface area contributed by atoms with E-state index in [-0.39, 0.29) is 17.9 Å². The van der Waals surface area contributed by atoms with Crippen LogP contribution in [0.5, 0.6) is 0 Å². The van der Waals surface area contributed by atoms with Crippen molar-refractivity contribution in [1.29, 1.82) is 0 Å². The summed E-state index contributed by atoms with van der Waals surface area (Å²) in [5.41, 5.74) is 2.93. The van der Waals surface area contributed by atoms with E-state index >= 15 is 0 Å². The molecule has 2 heterocycles. The van der Waals surface area contributed by atoms with Gasteiger partial charge >= 0.3 is 0 Å². The van der Waals surface area contributed by atoms with Gasteiger partial charge in [0.2, 0.25) is 11.8 Å². The van der Waals surface area contributed by atoms with Gasteiger partial charge in [0.15, 0.2) is 0 Å². The Balaban J connectivity index is 1.70. The van der Waals surface area contributed by atoms with Crippen LogP contribution < -0.4 is 5.32 Å². The highest BCUT2D eigenvalue weighted by Gasteiger charge is 2.39. The first-order valence-corrected chi connectivity index (χ1v) is 8.13. The van der Waals surface area contributed by atoms with Crippen LogP contribution in [0.25, 0.3) is 11.3 Å². The zero-order chi connectivity index (χ0) is 18.0. The molecule has 0 unspecified atom stereocenters. The molecule has 2 aromatic rings. The normalized spacial score (nSPS) is 19.9. The minimum Gasteiger partial charge on any atom is -0.357 e. The second kappa shape index (κ2) is 7.02. The molecule has 1 aromatic carbocycles. The van der Waals surface area contributed by atoms with Crippen LogP contribution in [0, 0.1) is 6.92 Å². The van der Waals surface area contributed by atoms with E-state index in [1.54, 1.807) is 11.7 Å². The lowest BCUT2D eigenvalue weighted by Gasteiger charge is -2.19. The summed E-state index contributed by atoms with van der Waals surface area (Å²) in [4.78, 5) is 29.2. The molecule has 8 nitrogen and oxygen atoms in total. The number of carbonyl (C=O) groups is 2. The van der Waals surface area contributed by atoms with Crippen LogP contribution in [-0.2, 0) is 21.0 Å². The van der Waals surface area contributed by atoms with Gasteiger partial charge in [0.25, 0.3) is 0 Å². The monoisotopic (exact) mass is 343 g/mol. The van der Waals surface area contributed by atoms with Crippen molar-refractivity contribution in [2.75, 3.05) is 7.05 Å². The smallest absolute Gasteiger partial charge is 0.245 e. The maximum absolute atomic E-state index is 11.9. The first-order valence-electron chi connectivity index (χ1n) is 8.13.